The van der Waals surface area contributed by atoms with Crippen LogP contribution in [0.25, 0.3) is 16.6 Å². The lowest BCUT2D eigenvalue weighted by atomic mass is 10.1. The van der Waals surface area contributed by atoms with Gasteiger partial charge in [-0.3, -0.25) is 4.79 Å². The molecule has 0 aliphatic heterocycles. The standard InChI is InChI=1S/C26H24N6O3/c1-17-12-18(4-7-23(17)35-20-8-10-32-11-9-27-24(32)14-20)30-26-21-13-19(31(2)25(33)15-34-3)5-6-22(21)28-16-29-26/h4-14,16H,15H2,1-3H3,(H,28,29,30). The first kappa shape index (κ1) is 22.3. The van der Waals surface area contributed by atoms with E-state index in [9.17, 15) is 4.79 Å². The smallest absolute Gasteiger partial charge is 0.252 e. The van der Waals surface area contributed by atoms with Crippen molar-refractivity contribution in [2.45, 2.75) is 6.92 Å². The van der Waals surface area contributed by atoms with Gasteiger partial charge in [0.1, 0.15) is 35.9 Å². The summed E-state index contributed by atoms with van der Waals surface area (Å²) in [5.41, 5.74) is 4.13. The van der Waals surface area contributed by atoms with Crippen molar-refractivity contribution in [2.24, 2.45) is 0 Å². The molecule has 1 N–H and O–H groups in total. The van der Waals surface area contributed by atoms with Gasteiger partial charge in [-0.25, -0.2) is 15.0 Å². The Labute approximate surface area is 202 Å². The average molecular weight is 469 g/mol. The Kier molecular flexibility index (Phi) is 5.99. The molecule has 176 valence electrons. The van der Waals surface area contributed by atoms with Gasteiger partial charge in [-0.15, -0.1) is 0 Å². The van der Waals surface area contributed by atoms with Crippen molar-refractivity contribution in [2.75, 3.05) is 31.0 Å². The van der Waals surface area contributed by atoms with Crippen LogP contribution in [0.1, 0.15) is 5.56 Å². The Morgan fingerprint density at radius 1 is 1.06 bits per heavy atom. The third-order valence-corrected chi connectivity index (χ3v) is 5.68. The number of ether oxygens (including phenoxy) is 2. The van der Waals surface area contributed by atoms with Gasteiger partial charge in [0.25, 0.3) is 5.91 Å². The molecule has 0 fully saturated rings. The summed E-state index contributed by atoms with van der Waals surface area (Å²) < 4.78 is 13.0. The number of rotatable bonds is 7. The number of aryl methyl sites for hydroxylation is 1. The van der Waals surface area contributed by atoms with Gasteiger partial charge < -0.3 is 24.1 Å². The summed E-state index contributed by atoms with van der Waals surface area (Å²) in [5, 5.41) is 4.17. The number of hydrogen-bond donors (Lipinski definition) is 1. The van der Waals surface area contributed by atoms with E-state index in [2.05, 4.69) is 20.3 Å². The van der Waals surface area contributed by atoms with Gasteiger partial charge in [0, 0.05) is 55.6 Å². The van der Waals surface area contributed by atoms with Crippen molar-refractivity contribution in [3.63, 3.8) is 0 Å². The number of nitrogens with one attached hydrogen (secondary N) is 1. The summed E-state index contributed by atoms with van der Waals surface area (Å²) in [6, 6.07) is 15.2. The molecule has 0 aliphatic carbocycles. The second kappa shape index (κ2) is 9.40. The highest BCUT2D eigenvalue weighted by atomic mass is 16.5. The summed E-state index contributed by atoms with van der Waals surface area (Å²) in [4.78, 5) is 26.9. The normalized spacial score (nSPS) is 11.1. The lowest BCUT2D eigenvalue weighted by Crippen LogP contribution is -2.29. The van der Waals surface area contributed by atoms with Gasteiger partial charge in [0.05, 0.1) is 5.52 Å². The fourth-order valence-corrected chi connectivity index (χ4v) is 3.78. The highest BCUT2D eigenvalue weighted by Gasteiger charge is 2.13. The molecule has 3 aromatic heterocycles. The Morgan fingerprint density at radius 2 is 1.94 bits per heavy atom. The van der Waals surface area contributed by atoms with Crippen molar-refractivity contribution < 1.29 is 14.3 Å². The number of carbonyl (C=O) groups is 1. The minimum absolute atomic E-state index is 0.00851. The number of anilines is 3. The summed E-state index contributed by atoms with van der Waals surface area (Å²) in [7, 11) is 3.21. The SMILES string of the molecule is COCC(=O)N(C)c1ccc2ncnc(Nc3ccc(Oc4ccn5ccnc5c4)c(C)c3)c2c1. The van der Waals surface area contributed by atoms with Crippen molar-refractivity contribution in [3.8, 4) is 11.5 Å². The fraction of sp³-hybridized carbons (Fsp3) is 0.154. The zero-order chi connectivity index (χ0) is 24.4. The van der Waals surface area contributed by atoms with Crippen LogP contribution in [0.15, 0.2) is 73.4 Å². The quantitative estimate of drug-likeness (QED) is 0.369. The van der Waals surface area contributed by atoms with Crippen LogP contribution in [0.4, 0.5) is 17.2 Å². The minimum Gasteiger partial charge on any atom is -0.457 e. The number of likely N-dealkylation sites (N-methyl/N-ethyl adjacent to an activating group) is 1. The number of pyridine rings is 1. The fourth-order valence-electron chi connectivity index (χ4n) is 3.78. The first-order valence-corrected chi connectivity index (χ1v) is 11.0. The highest BCUT2D eigenvalue weighted by Crippen LogP contribution is 2.31. The molecular formula is C26H24N6O3. The number of benzene rings is 2. The molecule has 2 aromatic carbocycles. The van der Waals surface area contributed by atoms with E-state index in [0.29, 0.717) is 11.6 Å². The predicted octanol–water partition coefficient (Wildman–Crippen LogP) is 4.73. The van der Waals surface area contributed by atoms with E-state index in [4.69, 9.17) is 9.47 Å². The predicted molar refractivity (Wildman–Crippen MR) is 135 cm³/mol. The number of amides is 1. The largest absolute Gasteiger partial charge is 0.457 e. The third kappa shape index (κ3) is 4.62. The van der Waals surface area contributed by atoms with E-state index in [1.54, 1.807) is 18.1 Å². The maximum absolute atomic E-state index is 12.2. The lowest BCUT2D eigenvalue weighted by molar-refractivity contribution is -0.121. The van der Waals surface area contributed by atoms with Crippen molar-refractivity contribution in [1.82, 2.24) is 19.4 Å². The van der Waals surface area contributed by atoms with E-state index in [1.807, 2.05) is 72.2 Å². The molecule has 5 rings (SSSR count). The molecule has 0 radical (unpaired) electrons. The summed E-state index contributed by atoms with van der Waals surface area (Å²) in [5.74, 6) is 1.96. The number of nitrogens with zero attached hydrogens (tertiary/aromatic N) is 5. The average Bonchev–Trinajstić information content (AvgIpc) is 3.33. The van der Waals surface area contributed by atoms with E-state index in [1.165, 1.54) is 13.4 Å². The molecule has 0 unspecified atom stereocenters. The van der Waals surface area contributed by atoms with Crippen LogP contribution in [0, 0.1) is 6.92 Å². The molecular weight excluding hydrogens is 444 g/mol. The monoisotopic (exact) mass is 468 g/mol. The Bertz CT molecular complexity index is 1530. The summed E-state index contributed by atoms with van der Waals surface area (Å²) in [6.07, 6.45) is 7.07. The third-order valence-electron chi connectivity index (χ3n) is 5.68. The van der Waals surface area contributed by atoms with E-state index >= 15 is 0 Å². The second-order valence-corrected chi connectivity index (χ2v) is 8.07. The van der Waals surface area contributed by atoms with Crippen LogP contribution in [0.2, 0.25) is 0 Å². The molecule has 1 amide bonds. The number of imidazole rings is 1. The van der Waals surface area contributed by atoms with Crippen LogP contribution >= 0.6 is 0 Å². The number of fused-ring (bicyclic) bond motifs is 2. The molecule has 35 heavy (non-hydrogen) atoms. The lowest BCUT2D eigenvalue weighted by Gasteiger charge is -2.18. The molecule has 0 saturated heterocycles. The number of methoxy groups -OCH3 is 1. The molecule has 0 atom stereocenters. The number of hydrogen-bond acceptors (Lipinski definition) is 7. The zero-order valence-corrected chi connectivity index (χ0v) is 19.6. The molecule has 9 heteroatoms. The molecule has 0 spiro atoms. The van der Waals surface area contributed by atoms with Crippen molar-refractivity contribution in [1.29, 1.82) is 0 Å². The van der Waals surface area contributed by atoms with Gasteiger partial charge in [0.15, 0.2) is 0 Å². The van der Waals surface area contributed by atoms with Gasteiger partial charge in [0.2, 0.25) is 0 Å². The van der Waals surface area contributed by atoms with E-state index in [0.717, 1.165) is 39.2 Å². The van der Waals surface area contributed by atoms with Crippen LogP contribution < -0.4 is 15.0 Å². The first-order chi connectivity index (χ1) is 17.0. The topological polar surface area (TPSA) is 93.9 Å². The summed E-state index contributed by atoms with van der Waals surface area (Å²) >= 11 is 0. The second-order valence-electron chi connectivity index (χ2n) is 8.07. The van der Waals surface area contributed by atoms with Gasteiger partial charge in [-0.2, -0.15) is 0 Å². The van der Waals surface area contributed by atoms with E-state index in [-0.39, 0.29) is 12.5 Å². The molecule has 5 aromatic rings. The Morgan fingerprint density at radius 3 is 2.77 bits per heavy atom. The van der Waals surface area contributed by atoms with E-state index < -0.39 is 0 Å². The zero-order valence-electron chi connectivity index (χ0n) is 19.6. The molecule has 0 aliphatic rings. The number of carbonyl (C=O) groups excluding carboxylic acids is 1. The Hall–Kier alpha value is -4.50. The van der Waals surface area contributed by atoms with Crippen LogP contribution in [0.3, 0.4) is 0 Å². The molecule has 0 saturated carbocycles. The molecule has 0 bridgehead atoms. The van der Waals surface area contributed by atoms with Crippen LogP contribution in [-0.4, -0.2) is 46.0 Å². The highest BCUT2D eigenvalue weighted by molar-refractivity contribution is 5.98. The molecule has 3 heterocycles. The van der Waals surface area contributed by atoms with Gasteiger partial charge in [-0.1, -0.05) is 0 Å². The van der Waals surface area contributed by atoms with Gasteiger partial charge >= 0.3 is 0 Å². The first-order valence-electron chi connectivity index (χ1n) is 11.0. The summed E-state index contributed by atoms with van der Waals surface area (Å²) in [6.45, 7) is 2.00. The minimum atomic E-state index is -0.142. The molecule has 9 nitrogen and oxygen atoms in total. The van der Waals surface area contributed by atoms with Gasteiger partial charge in [-0.05, 0) is 55.0 Å². The van der Waals surface area contributed by atoms with Crippen molar-refractivity contribution >= 4 is 39.6 Å². The van der Waals surface area contributed by atoms with Crippen molar-refractivity contribution in [3.05, 3.63) is 79.0 Å². The Balaban J connectivity index is 1.39. The maximum atomic E-state index is 12.2. The maximum Gasteiger partial charge on any atom is 0.252 e. The van der Waals surface area contributed by atoms with Crippen LogP contribution in [-0.2, 0) is 9.53 Å². The van der Waals surface area contributed by atoms with Crippen LogP contribution in [0.5, 0.6) is 11.5 Å². The number of aromatic nitrogens is 4.